The molecule has 0 aliphatic carbocycles. The Kier molecular flexibility index (Phi) is 2.20. The smallest absolute Gasteiger partial charge is 0.230 e. The second-order valence-electron chi connectivity index (χ2n) is 4.62. The van der Waals surface area contributed by atoms with Crippen molar-refractivity contribution in [3.05, 3.63) is 61.4 Å². The molecule has 4 heterocycles. The third-order valence-corrected chi connectivity index (χ3v) is 3.37. The van der Waals surface area contributed by atoms with Crippen LogP contribution in [-0.4, -0.2) is 19.7 Å². The molecule has 0 aromatic carbocycles. The molecular weight excluding hydrogens is 252 g/mol. The molecule has 0 bridgehead atoms. The molecule has 4 rings (SSSR count). The van der Waals surface area contributed by atoms with Crippen LogP contribution in [0.3, 0.4) is 0 Å². The zero-order chi connectivity index (χ0) is 13.5. The molecule has 0 saturated carbocycles. The minimum atomic E-state index is 0.798. The van der Waals surface area contributed by atoms with Crippen LogP contribution in [-0.2, 0) is 0 Å². The molecule has 0 aliphatic heterocycles. The molecule has 0 unspecified atom stereocenters. The summed E-state index contributed by atoms with van der Waals surface area (Å²) in [4.78, 5) is 8.63. The molecule has 4 aromatic rings. The SMILES string of the molecule is O[n+]1ccc2cnc(-n3ccc4ccncc43)cc2c1. The normalized spacial score (nSPS) is 11.2. The average Bonchev–Trinajstić information content (AvgIpc) is 2.90. The van der Waals surface area contributed by atoms with Gasteiger partial charge in [-0.1, -0.05) is 0 Å². The van der Waals surface area contributed by atoms with Crippen molar-refractivity contribution in [2.45, 2.75) is 0 Å². The number of hydrogen-bond acceptors (Lipinski definition) is 3. The van der Waals surface area contributed by atoms with Gasteiger partial charge in [-0.05, 0) is 18.2 Å². The summed E-state index contributed by atoms with van der Waals surface area (Å²) in [7, 11) is 0. The van der Waals surface area contributed by atoms with E-state index in [2.05, 4.69) is 9.97 Å². The lowest BCUT2D eigenvalue weighted by Crippen LogP contribution is -2.27. The Bertz CT molecular complexity index is 929. The van der Waals surface area contributed by atoms with Gasteiger partial charge >= 0.3 is 0 Å². The number of pyridine rings is 3. The number of nitrogens with zero attached hydrogens (tertiary/aromatic N) is 4. The second kappa shape index (κ2) is 4.03. The highest BCUT2D eigenvalue weighted by Crippen LogP contribution is 2.20. The molecule has 0 saturated heterocycles. The van der Waals surface area contributed by atoms with Gasteiger partial charge in [0.25, 0.3) is 0 Å². The third kappa shape index (κ3) is 1.60. The highest BCUT2D eigenvalue weighted by Gasteiger charge is 2.07. The summed E-state index contributed by atoms with van der Waals surface area (Å²) in [5, 5.41) is 12.5. The predicted molar refractivity (Wildman–Crippen MR) is 73.8 cm³/mol. The van der Waals surface area contributed by atoms with Gasteiger partial charge in [-0.15, -0.1) is 0 Å². The largest absolute Gasteiger partial charge is 0.300 e. The molecule has 0 atom stereocenters. The molecule has 5 heteroatoms. The monoisotopic (exact) mass is 263 g/mol. The van der Waals surface area contributed by atoms with Crippen LogP contribution in [0.4, 0.5) is 0 Å². The maximum atomic E-state index is 9.50. The number of fused-ring (bicyclic) bond motifs is 2. The molecule has 0 radical (unpaired) electrons. The van der Waals surface area contributed by atoms with Crippen LogP contribution in [0.1, 0.15) is 0 Å². The fourth-order valence-corrected chi connectivity index (χ4v) is 2.37. The van der Waals surface area contributed by atoms with E-state index in [9.17, 15) is 5.21 Å². The van der Waals surface area contributed by atoms with E-state index in [1.165, 1.54) is 0 Å². The Labute approximate surface area is 114 Å². The second-order valence-corrected chi connectivity index (χ2v) is 4.62. The van der Waals surface area contributed by atoms with Crippen molar-refractivity contribution in [3.8, 4) is 5.82 Å². The van der Waals surface area contributed by atoms with Crippen LogP contribution in [0.5, 0.6) is 0 Å². The maximum absolute atomic E-state index is 9.50. The van der Waals surface area contributed by atoms with Crippen molar-refractivity contribution < 1.29 is 9.94 Å². The van der Waals surface area contributed by atoms with E-state index in [4.69, 9.17) is 0 Å². The van der Waals surface area contributed by atoms with Gasteiger partial charge in [0.05, 0.1) is 17.1 Å². The van der Waals surface area contributed by atoms with Gasteiger partial charge in [-0.2, -0.15) is 0 Å². The molecule has 4 aromatic heterocycles. The van der Waals surface area contributed by atoms with Crippen LogP contribution in [0.25, 0.3) is 27.5 Å². The lowest BCUT2D eigenvalue weighted by Gasteiger charge is -2.04. The molecule has 96 valence electrons. The van der Waals surface area contributed by atoms with Crippen molar-refractivity contribution in [3.63, 3.8) is 0 Å². The van der Waals surface area contributed by atoms with Gasteiger partial charge in [0, 0.05) is 40.2 Å². The highest BCUT2D eigenvalue weighted by atomic mass is 16.5. The quantitative estimate of drug-likeness (QED) is 0.422. The number of aromatic nitrogens is 4. The summed E-state index contributed by atoms with van der Waals surface area (Å²) in [5.41, 5.74) is 1.01. The minimum absolute atomic E-state index is 0.798. The third-order valence-electron chi connectivity index (χ3n) is 3.37. The molecule has 0 spiro atoms. The molecule has 20 heavy (non-hydrogen) atoms. The predicted octanol–water partition coefficient (Wildman–Crippen LogP) is 2.10. The van der Waals surface area contributed by atoms with Gasteiger partial charge in [0.2, 0.25) is 12.4 Å². The van der Waals surface area contributed by atoms with E-state index in [1.54, 1.807) is 24.8 Å². The van der Waals surface area contributed by atoms with Crippen molar-refractivity contribution >= 4 is 21.7 Å². The lowest BCUT2D eigenvalue weighted by atomic mass is 10.2. The van der Waals surface area contributed by atoms with Gasteiger partial charge in [-0.25, -0.2) is 4.98 Å². The van der Waals surface area contributed by atoms with Crippen molar-refractivity contribution in [1.29, 1.82) is 0 Å². The summed E-state index contributed by atoms with van der Waals surface area (Å²) in [6, 6.07) is 7.75. The number of hydrogen-bond donors (Lipinski definition) is 1. The zero-order valence-electron chi connectivity index (χ0n) is 10.5. The summed E-state index contributed by atoms with van der Waals surface area (Å²) in [6.45, 7) is 0. The Morgan fingerprint density at radius 2 is 2.00 bits per heavy atom. The Hall–Kier alpha value is -2.95. The Morgan fingerprint density at radius 1 is 1.05 bits per heavy atom. The molecule has 5 nitrogen and oxygen atoms in total. The van der Waals surface area contributed by atoms with Crippen LogP contribution < -0.4 is 4.73 Å². The summed E-state index contributed by atoms with van der Waals surface area (Å²) >= 11 is 0. The zero-order valence-corrected chi connectivity index (χ0v) is 10.5. The standard InChI is InChI=1S/C15H11N4O/c20-18-5-2-12-8-17-15(7-13(12)10-18)19-6-3-11-1-4-16-9-14(11)19/h1-10,20H/q+1. The summed E-state index contributed by atoms with van der Waals surface area (Å²) in [5.74, 6) is 0.798. The van der Waals surface area contributed by atoms with E-state index in [0.29, 0.717) is 0 Å². The van der Waals surface area contributed by atoms with Crippen LogP contribution in [0.15, 0.2) is 61.4 Å². The molecule has 1 N–H and O–H groups in total. The first kappa shape index (κ1) is 10.9. The molecule has 0 aliphatic rings. The topological polar surface area (TPSA) is 54.8 Å². The van der Waals surface area contributed by atoms with Gasteiger partial charge in [-0.3, -0.25) is 14.8 Å². The highest BCUT2D eigenvalue weighted by molar-refractivity contribution is 5.84. The lowest BCUT2D eigenvalue weighted by molar-refractivity contribution is -0.903. The number of rotatable bonds is 1. The fourth-order valence-electron chi connectivity index (χ4n) is 2.37. The van der Waals surface area contributed by atoms with Gasteiger partial charge in [0.15, 0.2) is 0 Å². The van der Waals surface area contributed by atoms with E-state index in [0.717, 1.165) is 32.2 Å². The first-order valence-electron chi connectivity index (χ1n) is 6.23. The van der Waals surface area contributed by atoms with E-state index in [1.807, 2.05) is 41.2 Å². The first-order chi connectivity index (χ1) is 9.81. The van der Waals surface area contributed by atoms with Crippen LogP contribution in [0, 0.1) is 0 Å². The fraction of sp³-hybridized carbons (Fsp3) is 0. The Morgan fingerprint density at radius 3 is 2.95 bits per heavy atom. The molecule has 0 amide bonds. The van der Waals surface area contributed by atoms with Crippen molar-refractivity contribution in [2.24, 2.45) is 0 Å². The van der Waals surface area contributed by atoms with E-state index >= 15 is 0 Å². The molecular formula is C15H11N4O+. The maximum Gasteiger partial charge on any atom is 0.230 e. The minimum Gasteiger partial charge on any atom is -0.300 e. The summed E-state index contributed by atoms with van der Waals surface area (Å²) < 4.78 is 3.03. The Balaban J connectivity index is 1.97. The van der Waals surface area contributed by atoms with Gasteiger partial charge < -0.3 is 0 Å². The van der Waals surface area contributed by atoms with E-state index in [-0.39, 0.29) is 0 Å². The van der Waals surface area contributed by atoms with Crippen molar-refractivity contribution in [1.82, 2.24) is 14.5 Å². The van der Waals surface area contributed by atoms with Crippen molar-refractivity contribution in [2.75, 3.05) is 0 Å². The average molecular weight is 263 g/mol. The van der Waals surface area contributed by atoms with Crippen LogP contribution in [0.2, 0.25) is 0 Å². The summed E-state index contributed by atoms with van der Waals surface area (Å²) in [6.07, 6.45) is 10.6. The van der Waals surface area contributed by atoms with Gasteiger partial charge in [0.1, 0.15) is 5.82 Å². The van der Waals surface area contributed by atoms with E-state index < -0.39 is 0 Å². The first-order valence-corrected chi connectivity index (χ1v) is 6.23. The van der Waals surface area contributed by atoms with Crippen LogP contribution >= 0.6 is 0 Å². The molecule has 0 fully saturated rings.